The molecule has 1 N–H and O–H groups in total. The maximum Gasteiger partial charge on any atom is 0.331 e. The van der Waals surface area contributed by atoms with Gasteiger partial charge in [-0.3, -0.25) is 9.45 Å². The predicted octanol–water partition coefficient (Wildman–Crippen LogP) is 0.907. The second kappa shape index (κ2) is 9.15. The maximum atomic E-state index is 10.7. The van der Waals surface area contributed by atoms with Gasteiger partial charge >= 0.3 is 5.97 Å². The number of hydrogen-bond donors (Lipinski definition) is 1. The van der Waals surface area contributed by atoms with E-state index < -0.39 is 10.1 Å². The number of carbonyl (C=O) groups is 1. The van der Waals surface area contributed by atoms with Crippen LogP contribution in [0.2, 0.25) is 0 Å². The van der Waals surface area contributed by atoms with Crippen LogP contribution in [0.3, 0.4) is 0 Å². The van der Waals surface area contributed by atoms with Crippen LogP contribution in [0.4, 0.5) is 0 Å². The lowest BCUT2D eigenvalue weighted by Gasteiger charge is -2.21. The summed E-state index contributed by atoms with van der Waals surface area (Å²) < 4.78 is 31.9. The maximum absolute atomic E-state index is 10.7. The SMILES string of the molecule is C=CC(=O)OC(CC)N(C)C.CCS(=O)(=O)O. The summed E-state index contributed by atoms with van der Waals surface area (Å²) in [5.74, 6) is -0.571. The van der Waals surface area contributed by atoms with Gasteiger partial charge in [-0.2, -0.15) is 8.42 Å². The quantitative estimate of drug-likeness (QED) is 0.345. The van der Waals surface area contributed by atoms with Gasteiger partial charge in [0, 0.05) is 6.08 Å². The Labute approximate surface area is 103 Å². The smallest absolute Gasteiger partial charge is 0.331 e. The lowest BCUT2D eigenvalue weighted by atomic mass is 10.4. The van der Waals surface area contributed by atoms with E-state index in [1.807, 2.05) is 25.9 Å². The average Bonchev–Trinajstić information content (AvgIpc) is 2.24. The Morgan fingerprint density at radius 2 is 1.88 bits per heavy atom. The molecule has 0 saturated heterocycles. The zero-order valence-electron chi connectivity index (χ0n) is 10.7. The molecule has 1 unspecified atom stereocenters. The molecule has 1 atom stereocenters. The van der Waals surface area contributed by atoms with Crippen LogP contribution in [0.5, 0.6) is 0 Å². The molecule has 0 aromatic heterocycles. The first-order valence-corrected chi connectivity index (χ1v) is 6.73. The van der Waals surface area contributed by atoms with E-state index in [9.17, 15) is 13.2 Å². The van der Waals surface area contributed by atoms with Gasteiger partial charge in [0.15, 0.2) is 6.23 Å². The number of carbonyl (C=O) groups excluding carboxylic acids is 1. The number of hydrogen-bond acceptors (Lipinski definition) is 5. The van der Waals surface area contributed by atoms with Gasteiger partial charge in [-0.15, -0.1) is 0 Å². The molecule has 0 bridgehead atoms. The van der Waals surface area contributed by atoms with Crippen molar-refractivity contribution in [2.45, 2.75) is 26.5 Å². The number of nitrogens with zero attached hydrogens (tertiary/aromatic N) is 1. The molecular formula is C10H21NO5S. The summed E-state index contributed by atoms with van der Waals surface area (Å²) in [5.41, 5.74) is 0. The molecule has 0 saturated carbocycles. The third-order valence-corrected chi connectivity index (χ3v) is 2.44. The van der Waals surface area contributed by atoms with E-state index in [0.717, 1.165) is 6.42 Å². The Hall–Kier alpha value is -0.920. The largest absolute Gasteiger partial charge is 0.443 e. The molecule has 0 spiro atoms. The van der Waals surface area contributed by atoms with E-state index in [2.05, 4.69) is 6.58 Å². The van der Waals surface area contributed by atoms with Gasteiger partial charge in [0.2, 0.25) is 0 Å². The predicted molar refractivity (Wildman–Crippen MR) is 66.1 cm³/mol. The van der Waals surface area contributed by atoms with E-state index in [1.165, 1.54) is 13.0 Å². The second-order valence-electron chi connectivity index (χ2n) is 3.34. The van der Waals surface area contributed by atoms with Crippen molar-refractivity contribution in [2.75, 3.05) is 19.8 Å². The summed E-state index contributed by atoms with van der Waals surface area (Å²) in [5, 5.41) is 0. The third-order valence-electron chi connectivity index (χ3n) is 1.71. The van der Waals surface area contributed by atoms with Gasteiger partial charge in [-0.25, -0.2) is 4.79 Å². The number of esters is 1. The highest BCUT2D eigenvalue weighted by atomic mass is 32.2. The van der Waals surface area contributed by atoms with Crippen LogP contribution in [-0.4, -0.2) is 49.9 Å². The van der Waals surface area contributed by atoms with Gasteiger partial charge in [0.05, 0.1) is 5.75 Å². The Bertz CT molecular complexity index is 324. The van der Waals surface area contributed by atoms with Crippen molar-refractivity contribution in [3.05, 3.63) is 12.7 Å². The van der Waals surface area contributed by atoms with Crippen LogP contribution >= 0.6 is 0 Å². The highest BCUT2D eigenvalue weighted by Gasteiger charge is 2.11. The van der Waals surface area contributed by atoms with Crippen molar-refractivity contribution in [3.63, 3.8) is 0 Å². The standard InChI is InChI=1S/C8H15NO2.C2H6O3S/c1-5-7(9(3)4)11-8(10)6-2;1-2-6(3,4)5/h6-7H,2,5H2,1,3-4H3;2H2,1H3,(H,3,4,5). The number of rotatable bonds is 5. The lowest BCUT2D eigenvalue weighted by Crippen LogP contribution is -2.31. The van der Waals surface area contributed by atoms with E-state index >= 15 is 0 Å². The molecule has 0 rings (SSSR count). The normalized spacial score (nSPS) is 12.4. The molecule has 0 heterocycles. The molecule has 0 aliphatic carbocycles. The zero-order chi connectivity index (χ0) is 14.1. The Morgan fingerprint density at radius 1 is 1.47 bits per heavy atom. The molecule has 0 fully saturated rings. The molecule has 0 aliphatic heterocycles. The average molecular weight is 267 g/mol. The van der Waals surface area contributed by atoms with Crippen molar-refractivity contribution in [3.8, 4) is 0 Å². The van der Waals surface area contributed by atoms with Crippen molar-refractivity contribution in [1.82, 2.24) is 4.90 Å². The molecule has 0 radical (unpaired) electrons. The third kappa shape index (κ3) is 13.0. The number of ether oxygens (including phenoxy) is 1. The molecule has 17 heavy (non-hydrogen) atoms. The van der Waals surface area contributed by atoms with Crippen molar-refractivity contribution < 1.29 is 22.5 Å². The molecule has 0 aliphatic rings. The van der Waals surface area contributed by atoms with Gasteiger partial charge in [-0.05, 0) is 27.4 Å². The first kappa shape index (κ1) is 18.4. The van der Waals surface area contributed by atoms with Crippen LogP contribution in [-0.2, 0) is 19.6 Å². The first-order chi connectivity index (χ1) is 7.67. The lowest BCUT2D eigenvalue weighted by molar-refractivity contribution is -0.150. The molecule has 102 valence electrons. The van der Waals surface area contributed by atoms with E-state index in [0.29, 0.717) is 0 Å². The summed E-state index contributed by atoms with van der Waals surface area (Å²) in [6, 6.07) is 0. The molecular weight excluding hydrogens is 246 g/mol. The fourth-order valence-corrected chi connectivity index (χ4v) is 0.736. The minimum Gasteiger partial charge on any atom is -0.443 e. The van der Waals surface area contributed by atoms with E-state index in [-0.39, 0.29) is 18.0 Å². The van der Waals surface area contributed by atoms with Gasteiger partial charge < -0.3 is 4.74 Å². The van der Waals surface area contributed by atoms with Gasteiger partial charge in [0.1, 0.15) is 0 Å². The van der Waals surface area contributed by atoms with Gasteiger partial charge in [-0.1, -0.05) is 13.5 Å². The summed E-state index contributed by atoms with van der Waals surface area (Å²) in [7, 11) is 0.0692. The minimum atomic E-state index is -3.66. The molecule has 0 amide bonds. The Balaban J connectivity index is 0. The zero-order valence-corrected chi connectivity index (χ0v) is 11.5. The molecule has 0 aromatic rings. The molecule has 0 aromatic carbocycles. The summed E-state index contributed by atoms with van der Waals surface area (Å²) in [6.45, 7) is 6.64. The first-order valence-electron chi connectivity index (χ1n) is 5.12. The second-order valence-corrected chi connectivity index (χ2v) is 5.08. The summed E-state index contributed by atoms with van der Waals surface area (Å²) >= 11 is 0. The van der Waals surface area contributed by atoms with E-state index in [4.69, 9.17) is 9.29 Å². The van der Waals surface area contributed by atoms with Gasteiger partial charge in [0.25, 0.3) is 10.1 Å². The fraction of sp³-hybridized carbons (Fsp3) is 0.700. The summed E-state index contributed by atoms with van der Waals surface area (Å²) in [4.78, 5) is 12.6. The van der Waals surface area contributed by atoms with Crippen LogP contribution in [0.25, 0.3) is 0 Å². The van der Waals surface area contributed by atoms with Crippen LogP contribution in [0.15, 0.2) is 12.7 Å². The van der Waals surface area contributed by atoms with Crippen molar-refractivity contribution in [2.24, 2.45) is 0 Å². The summed E-state index contributed by atoms with van der Waals surface area (Å²) in [6.07, 6.45) is 1.82. The minimum absolute atomic E-state index is 0.138. The van der Waals surface area contributed by atoms with Crippen LogP contribution in [0, 0.1) is 0 Å². The van der Waals surface area contributed by atoms with Crippen molar-refractivity contribution >= 4 is 16.1 Å². The highest BCUT2D eigenvalue weighted by molar-refractivity contribution is 7.85. The molecule has 7 heteroatoms. The fourth-order valence-electron chi connectivity index (χ4n) is 0.736. The van der Waals surface area contributed by atoms with Crippen molar-refractivity contribution in [1.29, 1.82) is 0 Å². The highest BCUT2D eigenvalue weighted by Crippen LogP contribution is 2.01. The van der Waals surface area contributed by atoms with Crippen LogP contribution < -0.4 is 0 Å². The van der Waals surface area contributed by atoms with Crippen LogP contribution in [0.1, 0.15) is 20.3 Å². The van der Waals surface area contributed by atoms with E-state index in [1.54, 1.807) is 0 Å². The Morgan fingerprint density at radius 3 is 2.06 bits per heavy atom. The topological polar surface area (TPSA) is 83.9 Å². The molecule has 6 nitrogen and oxygen atoms in total. The Kier molecular flexibility index (Phi) is 9.92. The monoisotopic (exact) mass is 267 g/mol.